The highest BCUT2D eigenvalue weighted by atomic mass is 16.5. The number of aromatic nitrogens is 2. The summed E-state index contributed by atoms with van der Waals surface area (Å²) in [5.41, 5.74) is 8.40. The normalized spacial score (nSPS) is 15.6. The molecule has 4 heteroatoms. The number of imidazole rings is 1. The predicted octanol–water partition coefficient (Wildman–Crippen LogP) is 1.39. The fraction of sp³-hybridized carbons (Fsp3) is 0.250. The van der Waals surface area contributed by atoms with Gasteiger partial charge >= 0.3 is 0 Å². The molecule has 1 unspecified atom stereocenters. The van der Waals surface area contributed by atoms with Crippen LogP contribution in [0.25, 0.3) is 0 Å². The van der Waals surface area contributed by atoms with Gasteiger partial charge in [-0.15, -0.1) is 0 Å². The summed E-state index contributed by atoms with van der Waals surface area (Å²) in [6.07, 6.45) is 4.45. The van der Waals surface area contributed by atoms with Crippen molar-refractivity contribution in [2.75, 3.05) is 6.61 Å². The van der Waals surface area contributed by atoms with Crippen LogP contribution in [0.5, 0.6) is 5.75 Å². The Hall–Kier alpha value is -1.81. The van der Waals surface area contributed by atoms with Gasteiger partial charge in [0.05, 0.1) is 12.6 Å². The Balaban J connectivity index is 2.04. The number of fused-ring (bicyclic) bond motifs is 1. The third-order valence-corrected chi connectivity index (χ3v) is 2.89. The van der Waals surface area contributed by atoms with Gasteiger partial charge < -0.3 is 15.5 Å². The zero-order valence-electron chi connectivity index (χ0n) is 8.81. The Morgan fingerprint density at radius 2 is 2.38 bits per heavy atom. The van der Waals surface area contributed by atoms with Crippen molar-refractivity contribution in [3.05, 3.63) is 47.5 Å². The highest BCUT2D eigenvalue weighted by Crippen LogP contribution is 2.33. The number of nitrogens with two attached hydrogens (primary N) is 1. The lowest BCUT2D eigenvalue weighted by Gasteiger charge is -2.13. The second-order valence-electron chi connectivity index (χ2n) is 3.89. The van der Waals surface area contributed by atoms with Gasteiger partial charge in [0.2, 0.25) is 0 Å². The monoisotopic (exact) mass is 215 g/mol. The third kappa shape index (κ3) is 1.39. The molecule has 0 aliphatic carbocycles. The van der Waals surface area contributed by atoms with Crippen LogP contribution in [-0.2, 0) is 6.42 Å². The van der Waals surface area contributed by atoms with Crippen LogP contribution in [0.3, 0.4) is 0 Å². The van der Waals surface area contributed by atoms with Gasteiger partial charge in [0, 0.05) is 24.4 Å². The van der Waals surface area contributed by atoms with Crippen LogP contribution >= 0.6 is 0 Å². The van der Waals surface area contributed by atoms with Crippen LogP contribution in [0.2, 0.25) is 0 Å². The van der Waals surface area contributed by atoms with E-state index < -0.39 is 0 Å². The first-order valence-electron chi connectivity index (χ1n) is 5.35. The summed E-state index contributed by atoms with van der Waals surface area (Å²) < 4.78 is 5.63. The number of hydrogen-bond acceptors (Lipinski definition) is 3. The number of benzene rings is 1. The number of nitrogens with zero attached hydrogens (tertiary/aromatic N) is 1. The Morgan fingerprint density at radius 3 is 3.19 bits per heavy atom. The molecule has 1 aromatic heterocycles. The molecule has 1 aliphatic rings. The molecule has 4 nitrogen and oxygen atoms in total. The van der Waals surface area contributed by atoms with Gasteiger partial charge in [0.25, 0.3) is 0 Å². The molecule has 3 rings (SSSR count). The minimum atomic E-state index is -0.247. The molecule has 0 spiro atoms. The van der Waals surface area contributed by atoms with Crippen molar-refractivity contribution in [3.63, 3.8) is 0 Å². The second-order valence-corrected chi connectivity index (χ2v) is 3.89. The summed E-state index contributed by atoms with van der Waals surface area (Å²) in [6, 6.07) is 5.85. The van der Waals surface area contributed by atoms with Crippen molar-refractivity contribution >= 4 is 0 Å². The fourth-order valence-corrected chi connectivity index (χ4v) is 2.08. The van der Waals surface area contributed by atoms with E-state index in [1.165, 1.54) is 5.56 Å². The Bertz CT molecular complexity index is 493. The quantitative estimate of drug-likeness (QED) is 0.795. The first kappa shape index (κ1) is 9.42. The molecule has 0 fully saturated rings. The van der Waals surface area contributed by atoms with Crippen LogP contribution in [0.4, 0.5) is 0 Å². The first-order chi connectivity index (χ1) is 7.86. The summed E-state index contributed by atoms with van der Waals surface area (Å²) in [5, 5.41) is 0. The number of hydrogen-bond donors (Lipinski definition) is 2. The second kappa shape index (κ2) is 3.64. The van der Waals surface area contributed by atoms with Gasteiger partial charge in [0.1, 0.15) is 11.6 Å². The minimum absolute atomic E-state index is 0.247. The highest BCUT2D eigenvalue weighted by molar-refractivity contribution is 5.47. The topological polar surface area (TPSA) is 63.9 Å². The van der Waals surface area contributed by atoms with Crippen LogP contribution in [0, 0.1) is 0 Å². The molecule has 0 radical (unpaired) electrons. The van der Waals surface area contributed by atoms with Crippen LogP contribution in [0.15, 0.2) is 30.6 Å². The molecular weight excluding hydrogens is 202 g/mol. The number of aromatic amines is 1. The standard InChI is InChI=1S/C12H13N3O/c13-10(12-14-5-6-15-12)9-3-1-2-8-4-7-16-11(8)9/h1-3,5-6,10H,4,7,13H2,(H,14,15). The first-order valence-corrected chi connectivity index (χ1v) is 5.35. The van der Waals surface area contributed by atoms with E-state index >= 15 is 0 Å². The van der Waals surface area contributed by atoms with E-state index in [1.54, 1.807) is 12.4 Å². The molecule has 2 heterocycles. The maximum absolute atomic E-state index is 6.16. The molecular formula is C12H13N3O. The number of H-pyrrole nitrogens is 1. The van der Waals surface area contributed by atoms with E-state index in [-0.39, 0.29) is 6.04 Å². The van der Waals surface area contributed by atoms with E-state index in [0.717, 1.165) is 30.2 Å². The number of ether oxygens (including phenoxy) is 1. The third-order valence-electron chi connectivity index (χ3n) is 2.89. The van der Waals surface area contributed by atoms with E-state index in [4.69, 9.17) is 10.5 Å². The van der Waals surface area contributed by atoms with E-state index in [0.29, 0.717) is 0 Å². The van der Waals surface area contributed by atoms with E-state index in [1.807, 2.05) is 12.1 Å². The number of rotatable bonds is 2. The SMILES string of the molecule is NC(c1ncc[nH]1)c1cccc2c1OCC2. The summed E-state index contributed by atoms with van der Waals surface area (Å²) >= 11 is 0. The van der Waals surface area contributed by atoms with Gasteiger partial charge in [-0.1, -0.05) is 18.2 Å². The van der Waals surface area contributed by atoms with E-state index in [9.17, 15) is 0 Å². The van der Waals surface area contributed by atoms with Crippen LogP contribution < -0.4 is 10.5 Å². The van der Waals surface area contributed by atoms with Gasteiger partial charge in [-0.25, -0.2) is 4.98 Å². The Morgan fingerprint density at radius 1 is 1.44 bits per heavy atom. The summed E-state index contributed by atoms with van der Waals surface area (Å²) in [4.78, 5) is 7.22. The molecule has 1 atom stereocenters. The molecule has 82 valence electrons. The molecule has 3 N–H and O–H groups in total. The number of para-hydroxylation sites is 1. The molecule has 0 amide bonds. The highest BCUT2D eigenvalue weighted by Gasteiger charge is 2.21. The lowest BCUT2D eigenvalue weighted by molar-refractivity contribution is 0.352. The van der Waals surface area contributed by atoms with E-state index in [2.05, 4.69) is 16.0 Å². The summed E-state index contributed by atoms with van der Waals surface area (Å²) in [5.74, 6) is 1.70. The number of nitrogens with one attached hydrogen (secondary N) is 1. The van der Waals surface area contributed by atoms with Crippen molar-refractivity contribution in [1.29, 1.82) is 0 Å². The fourth-order valence-electron chi connectivity index (χ4n) is 2.08. The maximum Gasteiger partial charge on any atom is 0.127 e. The zero-order valence-corrected chi connectivity index (χ0v) is 8.81. The van der Waals surface area contributed by atoms with Crippen molar-refractivity contribution < 1.29 is 4.74 Å². The average molecular weight is 215 g/mol. The van der Waals surface area contributed by atoms with Crippen molar-refractivity contribution in [2.45, 2.75) is 12.5 Å². The van der Waals surface area contributed by atoms with Crippen LogP contribution in [0.1, 0.15) is 23.0 Å². The Kier molecular flexibility index (Phi) is 2.15. The van der Waals surface area contributed by atoms with Gasteiger partial charge in [0.15, 0.2) is 0 Å². The van der Waals surface area contributed by atoms with Crippen LogP contribution in [-0.4, -0.2) is 16.6 Å². The Labute approximate surface area is 93.5 Å². The van der Waals surface area contributed by atoms with Gasteiger partial charge in [-0.2, -0.15) is 0 Å². The smallest absolute Gasteiger partial charge is 0.127 e. The van der Waals surface area contributed by atoms with Gasteiger partial charge in [-0.05, 0) is 5.56 Å². The van der Waals surface area contributed by atoms with Gasteiger partial charge in [-0.3, -0.25) is 0 Å². The zero-order chi connectivity index (χ0) is 11.0. The molecule has 0 bridgehead atoms. The van der Waals surface area contributed by atoms with Crippen molar-refractivity contribution in [3.8, 4) is 5.75 Å². The minimum Gasteiger partial charge on any atom is -0.493 e. The average Bonchev–Trinajstić information content (AvgIpc) is 2.98. The summed E-state index contributed by atoms with van der Waals surface area (Å²) in [6.45, 7) is 0.747. The molecule has 1 aromatic carbocycles. The lowest BCUT2D eigenvalue weighted by atomic mass is 10.0. The van der Waals surface area contributed by atoms with Crippen molar-refractivity contribution in [2.24, 2.45) is 5.73 Å². The molecule has 2 aromatic rings. The molecule has 1 aliphatic heterocycles. The maximum atomic E-state index is 6.16. The summed E-state index contributed by atoms with van der Waals surface area (Å²) in [7, 11) is 0. The molecule has 16 heavy (non-hydrogen) atoms. The molecule has 0 saturated heterocycles. The lowest BCUT2D eigenvalue weighted by Crippen LogP contribution is -2.14. The van der Waals surface area contributed by atoms with Crippen molar-refractivity contribution in [1.82, 2.24) is 9.97 Å². The molecule has 0 saturated carbocycles. The predicted molar refractivity (Wildman–Crippen MR) is 60.3 cm³/mol. The largest absolute Gasteiger partial charge is 0.493 e.